The molecule has 0 aliphatic carbocycles. The van der Waals surface area contributed by atoms with Crippen LogP contribution >= 0.6 is 22.9 Å². The van der Waals surface area contributed by atoms with E-state index in [2.05, 4.69) is 25.6 Å². The summed E-state index contributed by atoms with van der Waals surface area (Å²) in [6, 6.07) is 7.30. The van der Waals surface area contributed by atoms with Crippen molar-refractivity contribution in [2.45, 2.75) is 27.2 Å². The van der Waals surface area contributed by atoms with E-state index in [1.54, 1.807) is 12.1 Å². The lowest BCUT2D eigenvalue weighted by Gasteiger charge is -2.08. The number of benzene rings is 1. The standard InChI is InChI=1S/C18H18ClN5OS/c1-10-4-5-13(19)7-15(10)23-16(25)8-14-9-26-18(22-14)24-17-20-11(2)6-12(3)21-17/h4-7,9H,8H2,1-3H3,(H,23,25)(H,20,21,22,24). The number of halogens is 1. The van der Waals surface area contributed by atoms with E-state index in [4.69, 9.17) is 11.6 Å². The number of hydrogen-bond donors (Lipinski definition) is 2. The van der Waals surface area contributed by atoms with E-state index in [1.807, 2.05) is 38.3 Å². The van der Waals surface area contributed by atoms with E-state index in [9.17, 15) is 4.79 Å². The largest absolute Gasteiger partial charge is 0.325 e. The van der Waals surface area contributed by atoms with E-state index in [0.29, 0.717) is 27.5 Å². The Labute approximate surface area is 160 Å². The van der Waals surface area contributed by atoms with Crippen molar-refractivity contribution in [2.75, 3.05) is 10.6 Å². The van der Waals surface area contributed by atoms with Gasteiger partial charge in [-0.15, -0.1) is 11.3 Å². The summed E-state index contributed by atoms with van der Waals surface area (Å²) in [5, 5.41) is 9.03. The number of nitrogens with one attached hydrogen (secondary N) is 2. The Morgan fingerprint density at radius 3 is 2.58 bits per heavy atom. The summed E-state index contributed by atoms with van der Waals surface area (Å²) in [5.41, 5.74) is 4.11. The van der Waals surface area contributed by atoms with Crippen molar-refractivity contribution in [1.82, 2.24) is 15.0 Å². The van der Waals surface area contributed by atoms with Crippen LogP contribution in [-0.4, -0.2) is 20.9 Å². The molecule has 0 aliphatic heterocycles. The first-order valence-electron chi connectivity index (χ1n) is 7.99. The Morgan fingerprint density at radius 1 is 1.12 bits per heavy atom. The quantitative estimate of drug-likeness (QED) is 0.676. The number of aromatic nitrogens is 3. The molecule has 26 heavy (non-hydrogen) atoms. The molecular formula is C18H18ClN5OS. The van der Waals surface area contributed by atoms with Gasteiger partial charge in [0.1, 0.15) is 0 Å². The molecule has 0 spiro atoms. The third-order valence-corrected chi connectivity index (χ3v) is 4.61. The predicted molar refractivity (Wildman–Crippen MR) is 105 cm³/mol. The van der Waals surface area contributed by atoms with Crippen LogP contribution in [0.4, 0.5) is 16.8 Å². The number of amides is 1. The van der Waals surface area contributed by atoms with Gasteiger partial charge in [0.15, 0.2) is 5.13 Å². The van der Waals surface area contributed by atoms with Crippen LogP contribution in [0.15, 0.2) is 29.6 Å². The number of nitrogens with zero attached hydrogens (tertiary/aromatic N) is 3. The van der Waals surface area contributed by atoms with Crippen molar-refractivity contribution in [3.05, 3.63) is 57.3 Å². The van der Waals surface area contributed by atoms with Gasteiger partial charge < -0.3 is 10.6 Å². The molecule has 0 atom stereocenters. The fourth-order valence-corrected chi connectivity index (χ4v) is 3.29. The maximum Gasteiger partial charge on any atom is 0.230 e. The molecule has 0 saturated heterocycles. The zero-order valence-corrected chi connectivity index (χ0v) is 16.2. The first-order chi connectivity index (χ1) is 12.4. The average molecular weight is 388 g/mol. The lowest BCUT2D eigenvalue weighted by molar-refractivity contribution is -0.115. The maximum absolute atomic E-state index is 12.3. The Morgan fingerprint density at radius 2 is 1.85 bits per heavy atom. The molecule has 0 radical (unpaired) electrons. The fraction of sp³-hybridized carbons (Fsp3) is 0.222. The molecule has 3 rings (SSSR count). The molecule has 3 aromatic rings. The third kappa shape index (κ3) is 4.77. The molecule has 0 bridgehead atoms. The van der Waals surface area contributed by atoms with Crippen molar-refractivity contribution in [3.8, 4) is 0 Å². The Bertz CT molecular complexity index is 936. The molecule has 134 valence electrons. The van der Waals surface area contributed by atoms with Gasteiger partial charge in [-0.3, -0.25) is 4.79 Å². The number of anilines is 3. The van der Waals surface area contributed by atoms with Crippen LogP contribution in [0.2, 0.25) is 5.02 Å². The number of carbonyl (C=O) groups is 1. The minimum absolute atomic E-state index is 0.144. The Kier molecular flexibility index (Phi) is 5.49. The van der Waals surface area contributed by atoms with Gasteiger partial charge >= 0.3 is 0 Å². The topological polar surface area (TPSA) is 79.8 Å². The monoisotopic (exact) mass is 387 g/mol. The van der Waals surface area contributed by atoms with Gasteiger partial charge in [-0.2, -0.15) is 0 Å². The van der Waals surface area contributed by atoms with Gasteiger partial charge in [0.05, 0.1) is 12.1 Å². The number of thiazole rings is 1. The molecule has 2 heterocycles. The molecule has 6 nitrogen and oxygen atoms in total. The molecule has 0 aliphatic rings. The highest BCUT2D eigenvalue weighted by Crippen LogP contribution is 2.22. The van der Waals surface area contributed by atoms with Crippen LogP contribution in [-0.2, 0) is 11.2 Å². The molecule has 0 saturated carbocycles. The number of hydrogen-bond acceptors (Lipinski definition) is 6. The molecule has 0 fully saturated rings. The fourth-order valence-electron chi connectivity index (χ4n) is 2.41. The molecular weight excluding hydrogens is 370 g/mol. The third-order valence-electron chi connectivity index (χ3n) is 3.57. The second-order valence-electron chi connectivity index (χ2n) is 5.93. The number of rotatable bonds is 5. The predicted octanol–water partition coefficient (Wildman–Crippen LogP) is 4.44. The summed E-state index contributed by atoms with van der Waals surface area (Å²) >= 11 is 7.39. The second kappa shape index (κ2) is 7.80. The van der Waals surface area contributed by atoms with Crippen LogP contribution in [0.25, 0.3) is 0 Å². The van der Waals surface area contributed by atoms with Gasteiger partial charge in [0.25, 0.3) is 0 Å². The van der Waals surface area contributed by atoms with Crippen molar-refractivity contribution in [2.24, 2.45) is 0 Å². The maximum atomic E-state index is 12.3. The van der Waals surface area contributed by atoms with Crippen LogP contribution in [0, 0.1) is 20.8 Å². The van der Waals surface area contributed by atoms with Crippen LogP contribution in [0.3, 0.4) is 0 Å². The average Bonchev–Trinajstić information content (AvgIpc) is 2.96. The van der Waals surface area contributed by atoms with Crippen molar-refractivity contribution in [3.63, 3.8) is 0 Å². The molecule has 1 aromatic carbocycles. The molecule has 0 unspecified atom stereocenters. The summed E-state index contributed by atoms with van der Waals surface area (Å²) in [7, 11) is 0. The molecule has 2 aromatic heterocycles. The first-order valence-corrected chi connectivity index (χ1v) is 9.24. The van der Waals surface area contributed by atoms with E-state index < -0.39 is 0 Å². The molecule has 1 amide bonds. The van der Waals surface area contributed by atoms with E-state index in [0.717, 1.165) is 17.0 Å². The second-order valence-corrected chi connectivity index (χ2v) is 7.22. The molecule has 8 heteroatoms. The highest BCUT2D eigenvalue weighted by molar-refractivity contribution is 7.13. The SMILES string of the molecule is Cc1cc(C)nc(Nc2nc(CC(=O)Nc3cc(Cl)ccc3C)cs2)n1. The van der Waals surface area contributed by atoms with Crippen molar-refractivity contribution < 1.29 is 4.79 Å². The summed E-state index contributed by atoms with van der Waals surface area (Å²) in [6.45, 7) is 5.74. The smallest absolute Gasteiger partial charge is 0.230 e. The van der Waals surface area contributed by atoms with E-state index >= 15 is 0 Å². The first kappa shape index (κ1) is 18.3. The summed E-state index contributed by atoms with van der Waals surface area (Å²) in [6.07, 6.45) is 0.178. The normalized spacial score (nSPS) is 10.6. The van der Waals surface area contributed by atoms with Gasteiger partial charge in [0.2, 0.25) is 11.9 Å². The Balaban J connectivity index is 1.64. The zero-order valence-electron chi connectivity index (χ0n) is 14.6. The Hall–Kier alpha value is -2.51. The zero-order chi connectivity index (χ0) is 18.7. The van der Waals surface area contributed by atoms with Crippen LogP contribution < -0.4 is 10.6 Å². The van der Waals surface area contributed by atoms with Gasteiger partial charge in [0, 0.05) is 27.5 Å². The van der Waals surface area contributed by atoms with Gasteiger partial charge in [-0.1, -0.05) is 17.7 Å². The number of carbonyl (C=O) groups excluding carboxylic acids is 1. The highest BCUT2D eigenvalue weighted by atomic mass is 35.5. The summed E-state index contributed by atoms with van der Waals surface area (Å²) < 4.78 is 0. The highest BCUT2D eigenvalue weighted by Gasteiger charge is 2.11. The molecule has 2 N–H and O–H groups in total. The summed E-state index contributed by atoms with van der Waals surface area (Å²) in [5.74, 6) is 0.359. The lowest BCUT2D eigenvalue weighted by atomic mass is 10.2. The van der Waals surface area contributed by atoms with Crippen molar-refractivity contribution >= 4 is 45.6 Å². The van der Waals surface area contributed by atoms with Crippen LogP contribution in [0.5, 0.6) is 0 Å². The van der Waals surface area contributed by atoms with Gasteiger partial charge in [-0.05, 0) is 44.5 Å². The minimum Gasteiger partial charge on any atom is -0.325 e. The number of aryl methyl sites for hydroxylation is 3. The van der Waals surface area contributed by atoms with E-state index in [1.165, 1.54) is 11.3 Å². The van der Waals surface area contributed by atoms with Crippen LogP contribution in [0.1, 0.15) is 22.6 Å². The minimum atomic E-state index is -0.144. The lowest BCUT2D eigenvalue weighted by Crippen LogP contribution is -2.15. The van der Waals surface area contributed by atoms with E-state index in [-0.39, 0.29) is 12.3 Å². The van der Waals surface area contributed by atoms with Gasteiger partial charge in [-0.25, -0.2) is 15.0 Å². The summed E-state index contributed by atoms with van der Waals surface area (Å²) in [4.78, 5) is 25.3. The van der Waals surface area contributed by atoms with Crippen molar-refractivity contribution in [1.29, 1.82) is 0 Å².